The quantitative estimate of drug-likeness (QED) is 0.473. The normalized spacial score (nSPS) is 18.4. The monoisotopic (exact) mass is 465 g/mol. The molecule has 0 radical (unpaired) electrons. The topological polar surface area (TPSA) is 147 Å². The molecule has 0 aromatic carbocycles. The number of hydrogen-bond donors (Lipinski definition) is 3. The van der Waals surface area contributed by atoms with Gasteiger partial charge in [-0.05, 0) is 13.0 Å². The number of nitrogens with one attached hydrogen (secondary N) is 3. The highest BCUT2D eigenvalue weighted by molar-refractivity contribution is 5.75. The lowest BCUT2D eigenvalue weighted by Gasteiger charge is -2.20. The summed E-state index contributed by atoms with van der Waals surface area (Å²) in [6.45, 7) is 0.791. The predicted molar refractivity (Wildman–Crippen MR) is 112 cm³/mol. The Morgan fingerprint density at radius 2 is 2.21 bits per heavy atom. The molecule has 1 aliphatic heterocycles. The van der Waals surface area contributed by atoms with Crippen molar-refractivity contribution in [2.75, 3.05) is 31.7 Å². The van der Waals surface area contributed by atoms with Crippen LogP contribution < -0.4 is 21.5 Å². The lowest BCUT2D eigenvalue weighted by atomic mass is 10.2. The van der Waals surface area contributed by atoms with Crippen LogP contribution in [0, 0.1) is 0 Å². The molecule has 0 spiro atoms. The third kappa shape index (κ3) is 4.55. The fraction of sp³-hybridized carbons (Fsp3) is 0.421. The van der Waals surface area contributed by atoms with Crippen molar-refractivity contribution >= 4 is 17.4 Å². The molecule has 4 heterocycles. The molecule has 14 heteroatoms. The number of nitrogens with zero attached hydrogens (tertiary/aromatic N) is 4. The molecule has 1 fully saturated rings. The van der Waals surface area contributed by atoms with Gasteiger partial charge in [0.25, 0.3) is 5.56 Å². The maximum Gasteiger partial charge on any atom is 0.407 e. The van der Waals surface area contributed by atoms with E-state index in [1.54, 1.807) is 6.92 Å². The summed E-state index contributed by atoms with van der Waals surface area (Å²) >= 11 is 0. The summed E-state index contributed by atoms with van der Waals surface area (Å²) in [6.07, 6.45) is 1.42. The lowest BCUT2D eigenvalue weighted by Crippen LogP contribution is -2.42. The minimum Gasteiger partial charge on any atom is -0.438 e. The van der Waals surface area contributed by atoms with Crippen LogP contribution in [0.25, 0.3) is 16.9 Å². The smallest absolute Gasteiger partial charge is 0.407 e. The van der Waals surface area contributed by atoms with E-state index >= 15 is 0 Å². The molecule has 176 valence electrons. The van der Waals surface area contributed by atoms with Gasteiger partial charge in [-0.3, -0.25) is 9.78 Å². The van der Waals surface area contributed by atoms with Crippen LogP contribution >= 0.6 is 0 Å². The maximum atomic E-state index is 14.7. The van der Waals surface area contributed by atoms with Gasteiger partial charge in [0, 0.05) is 25.7 Å². The van der Waals surface area contributed by atoms with E-state index in [4.69, 9.17) is 9.47 Å². The Labute approximate surface area is 184 Å². The van der Waals surface area contributed by atoms with Gasteiger partial charge in [0.1, 0.15) is 5.69 Å². The van der Waals surface area contributed by atoms with Gasteiger partial charge in [-0.15, -0.1) is 0 Å². The SMILES string of the molecule is COC[C@H](C)NC(=O)O[C@H]1CN(c2cc(-c3c[nH]c(=O)[nH]c3=O)nn3ccnc23)CC1(F)F. The Kier molecular flexibility index (Phi) is 5.84. The number of amides is 1. The number of rotatable bonds is 6. The molecule has 0 aliphatic carbocycles. The summed E-state index contributed by atoms with van der Waals surface area (Å²) in [7, 11) is 1.45. The molecule has 3 N–H and O–H groups in total. The zero-order chi connectivity index (χ0) is 23.8. The highest BCUT2D eigenvalue weighted by Gasteiger charge is 2.51. The molecule has 0 bridgehead atoms. The highest BCUT2D eigenvalue weighted by Crippen LogP contribution is 2.35. The van der Waals surface area contributed by atoms with Crippen LogP contribution in [0.3, 0.4) is 0 Å². The van der Waals surface area contributed by atoms with Gasteiger partial charge in [-0.2, -0.15) is 5.10 Å². The van der Waals surface area contributed by atoms with Gasteiger partial charge in [0.15, 0.2) is 11.8 Å². The first kappa shape index (κ1) is 22.4. The van der Waals surface area contributed by atoms with E-state index in [0.717, 1.165) is 0 Å². The number of aromatic amines is 2. The second-order valence-electron chi connectivity index (χ2n) is 7.63. The molecular formula is C19H21F2N7O5. The van der Waals surface area contributed by atoms with E-state index in [0.29, 0.717) is 0 Å². The van der Waals surface area contributed by atoms with E-state index in [9.17, 15) is 23.2 Å². The van der Waals surface area contributed by atoms with Crippen molar-refractivity contribution in [3.05, 3.63) is 45.5 Å². The Hall–Kier alpha value is -3.81. The van der Waals surface area contributed by atoms with E-state index in [1.165, 1.54) is 41.2 Å². The number of ether oxygens (including phenoxy) is 2. The number of aromatic nitrogens is 5. The second-order valence-corrected chi connectivity index (χ2v) is 7.63. The number of alkyl halides is 2. The van der Waals surface area contributed by atoms with Crippen molar-refractivity contribution < 1.29 is 23.0 Å². The van der Waals surface area contributed by atoms with E-state index in [1.807, 2.05) is 0 Å². The molecule has 1 amide bonds. The van der Waals surface area contributed by atoms with Gasteiger partial charge >= 0.3 is 17.7 Å². The van der Waals surface area contributed by atoms with Crippen molar-refractivity contribution in [3.8, 4) is 11.3 Å². The van der Waals surface area contributed by atoms with Gasteiger partial charge in [-0.25, -0.2) is 27.9 Å². The van der Waals surface area contributed by atoms with Crippen molar-refractivity contribution in [3.63, 3.8) is 0 Å². The minimum atomic E-state index is -3.34. The summed E-state index contributed by atoms with van der Waals surface area (Å²) in [6, 6.07) is 1.00. The Balaban J connectivity index is 1.64. The number of carbonyl (C=O) groups excluding carboxylic acids is 1. The van der Waals surface area contributed by atoms with Gasteiger partial charge in [0.05, 0.1) is 37.0 Å². The van der Waals surface area contributed by atoms with Crippen LogP contribution in [0.4, 0.5) is 19.3 Å². The predicted octanol–water partition coefficient (Wildman–Crippen LogP) is 0.358. The lowest BCUT2D eigenvalue weighted by molar-refractivity contribution is -0.0768. The first-order valence-electron chi connectivity index (χ1n) is 9.93. The van der Waals surface area contributed by atoms with Crippen LogP contribution in [0.15, 0.2) is 34.2 Å². The van der Waals surface area contributed by atoms with E-state index in [-0.39, 0.29) is 35.7 Å². The molecule has 4 rings (SSSR count). The second kappa shape index (κ2) is 8.61. The van der Waals surface area contributed by atoms with Crippen LogP contribution in [-0.2, 0) is 9.47 Å². The molecule has 1 saturated heterocycles. The zero-order valence-corrected chi connectivity index (χ0v) is 17.7. The number of fused-ring (bicyclic) bond motifs is 1. The van der Waals surface area contributed by atoms with Crippen molar-refractivity contribution in [1.29, 1.82) is 0 Å². The Bertz CT molecular complexity index is 1290. The molecule has 1 aliphatic rings. The third-order valence-electron chi connectivity index (χ3n) is 5.06. The average molecular weight is 465 g/mol. The standard InChI is InChI=1S/C19H21F2N7O5/c1-10(8-32-2)24-18(31)33-14-7-27(9-19(14,20)21)13-5-12(26-28-4-3-22-15(13)28)11-6-23-17(30)25-16(11)29/h3-6,10,14H,7-9H2,1-2H3,(H,24,31)(H2,23,25,29,30)/t10-,14-/m0/s1. The summed E-state index contributed by atoms with van der Waals surface area (Å²) in [5.41, 5.74) is -0.677. The number of H-pyrrole nitrogens is 2. The van der Waals surface area contributed by atoms with Crippen LogP contribution in [-0.4, -0.2) is 75.5 Å². The van der Waals surface area contributed by atoms with Crippen molar-refractivity contribution in [1.82, 2.24) is 29.9 Å². The van der Waals surface area contributed by atoms with Gasteiger partial charge in [0.2, 0.25) is 0 Å². The number of hydrogen-bond acceptors (Lipinski definition) is 8. The van der Waals surface area contributed by atoms with Gasteiger partial charge in [-0.1, -0.05) is 0 Å². The average Bonchev–Trinajstić information content (AvgIpc) is 3.31. The number of imidazole rings is 1. The molecule has 3 aromatic rings. The van der Waals surface area contributed by atoms with Crippen molar-refractivity contribution in [2.24, 2.45) is 0 Å². The number of carbonyl (C=O) groups is 1. The molecular weight excluding hydrogens is 444 g/mol. The summed E-state index contributed by atoms with van der Waals surface area (Å²) in [5, 5.41) is 6.71. The van der Waals surface area contributed by atoms with Crippen LogP contribution in [0.2, 0.25) is 0 Å². The first-order chi connectivity index (χ1) is 15.7. The minimum absolute atomic E-state index is 0.0386. The molecule has 12 nitrogen and oxygen atoms in total. The number of halogens is 2. The number of anilines is 1. The van der Waals surface area contributed by atoms with Gasteiger partial charge < -0.3 is 24.7 Å². The Morgan fingerprint density at radius 1 is 1.42 bits per heavy atom. The zero-order valence-electron chi connectivity index (χ0n) is 17.7. The number of methoxy groups -OCH3 is 1. The van der Waals surface area contributed by atoms with Crippen molar-refractivity contribution in [2.45, 2.75) is 25.0 Å². The maximum absolute atomic E-state index is 14.7. The molecule has 0 saturated carbocycles. The fourth-order valence-corrected chi connectivity index (χ4v) is 3.58. The molecule has 2 atom stereocenters. The molecule has 33 heavy (non-hydrogen) atoms. The summed E-state index contributed by atoms with van der Waals surface area (Å²) < 4.78 is 40.7. The molecule has 3 aromatic heterocycles. The largest absolute Gasteiger partial charge is 0.438 e. The summed E-state index contributed by atoms with van der Waals surface area (Å²) in [4.78, 5) is 45.5. The van der Waals surface area contributed by atoms with E-state index in [2.05, 4.69) is 25.4 Å². The Morgan fingerprint density at radius 3 is 2.94 bits per heavy atom. The van der Waals surface area contributed by atoms with E-state index < -0.39 is 42.0 Å². The number of alkyl carbamates (subject to hydrolysis) is 1. The summed E-state index contributed by atoms with van der Waals surface area (Å²) in [5.74, 6) is -3.34. The fourth-order valence-electron chi connectivity index (χ4n) is 3.58. The molecule has 0 unspecified atom stereocenters. The first-order valence-corrected chi connectivity index (χ1v) is 9.93. The highest BCUT2D eigenvalue weighted by atomic mass is 19.3. The van der Waals surface area contributed by atoms with Crippen LogP contribution in [0.1, 0.15) is 6.92 Å². The third-order valence-corrected chi connectivity index (χ3v) is 5.06. The van der Waals surface area contributed by atoms with Crippen LogP contribution in [0.5, 0.6) is 0 Å².